The van der Waals surface area contributed by atoms with Gasteiger partial charge >= 0.3 is 0 Å². The highest BCUT2D eigenvalue weighted by Crippen LogP contribution is 2.46. The molecule has 0 unspecified atom stereocenters. The Morgan fingerprint density at radius 3 is 2.68 bits per heavy atom. The number of imidazole rings is 1. The van der Waals surface area contributed by atoms with Crippen molar-refractivity contribution in [2.24, 2.45) is 5.41 Å². The average molecular weight is 337 g/mol. The summed E-state index contributed by atoms with van der Waals surface area (Å²) in [7, 11) is 0. The highest BCUT2D eigenvalue weighted by Gasteiger charge is 2.45. The van der Waals surface area contributed by atoms with Gasteiger partial charge in [-0.25, -0.2) is 4.98 Å². The van der Waals surface area contributed by atoms with E-state index in [1.807, 2.05) is 12.1 Å². The van der Waals surface area contributed by atoms with Crippen molar-refractivity contribution in [3.8, 4) is 0 Å². The van der Waals surface area contributed by atoms with E-state index in [2.05, 4.69) is 41.2 Å². The average Bonchev–Trinajstić information content (AvgIpc) is 2.93. The Labute approximate surface area is 149 Å². The van der Waals surface area contributed by atoms with Crippen LogP contribution in [-0.2, 0) is 4.79 Å². The molecule has 1 aromatic carbocycles. The van der Waals surface area contributed by atoms with Crippen LogP contribution in [0.5, 0.6) is 0 Å². The van der Waals surface area contributed by atoms with Crippen LogP contribution in [0.2, 0.25) is 0 Å². The fourth-order valence-electron chi connectivity index (χ4n) is 4.67. The Balaban J connectivity index is 1.49. The third kappa shape index (κ3) is 2.68. The zero-order chi connectivity index (χ0) is 17.4. The van der Waals surface area contributed by atoms with Gasteiger partial charge in [0.1, 0.15) is 5.82 Å². The fourth-order valence-corrected chi connectivity index (χ4v) is 4.67. The number of hydrogen-bond acceptors (Lipinski definition) is 2. The highest BCUT2D eigenvalue weighted by atomic mass is 16.2. The molecule has 1 saturated carbocycles. The minimum atomic E-state index is -0.133. The van der Waals surface area contributed by atoms with Gasteiger partial charge in [0.2, 0.25) is 5.91 Å². The number of rotatable bonds is 4. The summed E-state index contributed by atoms with van der Waals surface area (Å²) in [5, 5.41) is 0. The summed E-state index contributed by atoms with van der Waals surface area (Å²) in [5.41, 5.74) is 2.15. The maximum Gasteiger partial charge on any atom is 0.229 e. The Bertz CT molecular complexity index is 795. The van der Waals surface area contributed by atoms with Crippen LogP contribution >= 0.6 is 0 Å². The monoisotopic (exact) mass is 337 g/mol. The van der Waals surface area contributed by atoms with Crippen LogP contribution in [0.3, 0.4) is 0 Å². The number of carbonyl (C=O) groups excluding carboxylic acids is 1. The Morgan fingerprint density at radius 1 is 1.32 bits per heavy atom. The van der Waals surface area contributed by atoms with Crippen LogP contribution in [-0.4, -0.2) is 33.4 Å². The van der Waals surface area contributed by atoms with E-state index in [1.165, 1.54) is 11.9 Å². The molecule has 1 aliphatic carbocycles. The summed E-state index contributed by atoms with van der Waals surface area (Å²) >= 11 is 0. The predicted molar refractivity (Wildman–Crippen MR) is 100 cm³/mol. The lowest BCUT2D eigenvalue weighted by atomic mass is 9.65. The molecule has 2 fully saturated rings. The summed E-state index contributed by atoms with van der Waals surface area (Å²) in [5.74, 6) is 1.44. The van der Waals surface area contributed by atoms with Gasteiger partial charge in [-0.1, -0.05) is 24.6 Å². The van der Waals surface area contributed by atoms with Crippen LogP contribution in [0.4, 0.5) is 0 Å². The van der Waals surface area contributed by atoms with E-state index in [1.54, 1.807) is 0 Å². The second-order valence-electron chi connectivity index (χ2n) is 7.67. The number of likely N-dealkylation sites (tertiary alicyclic amines) is 1. The lowest BCUT2D eigenvalue weighted by Crippen LogP contribution is -2.50. The smallest absolute Gasteiger partial charge is 0.229 e. The number of aromatic nitrogens is 2. The standard InChI is InChI=1S/C21H27N3O/c1-3-11-21(12-6-13-21)20(25)23-14-9-17(10-15-23)24-16(2)22-18-7-4-5-8-19(18)24/h3-5,7-8,17H,1,6,9-15H2,2H3. The van der Waals surface area contributed by atoms with Gasteiger partial charge in [-0.3, -0.25) is 4.79 Å². The first-order valence-electron chi connectivity index (χ1n) is 9.48. The number of amides is 1. The number of piperidine rings is 1. The minimum absolute atomic E-state index is 0.133. The van der Waals surface area contributed by atoms with Crippen molar-refractivity contribution in [1.29, 1.82) is 0 Å². The van der Waals surface area contributed by atoms with Crippen molar-refractivity contribution >= 4 is 16.9 Å². The van der Waals surface area contributed by atoms with E-state index in [0.717, 1.165) is 56.5 Å². The molecule has 0 radical (unpaired) electrons. The second kappa shape index (κ2) is 6.32. The highest BCUT2D eigenvalue weighted by molar-refractivity contribution is 5.84. The maximum atomic E-state index is 13.0. The summed E-state index contributed by atoms with van der Waals surface area (Å²) in [6.07, 6.45) is 8.01. The number of benzene rings is 1. The van der Waals surface area contributed by atoms with E-state index in [9.17, 15) is 4.79 Å². The molecule has 25 heavy (non-hydrogen) atoms. The predicted octanol–water partition coefficient (Wildman–Crippen LogP) is 4.25. The Kier molecular flexibility index (Phi) is 4.14. The number of hydrogen-bond donors (Lipinski definition) is 0. The lowest BCUT2D eigenvalue weighted by molar-refractivity contribution is -0.148. The summed E-state index contributed by atoms with van der Waals surface area (Å²) in [6.45, 7) is 7.66. The number of fused-ring (bicyclic) bond motifs is 1. The normalized spacial score (nSPS) is 20.4. The van der Waals surface area contributed by atoms with E-state index < -0.39 is 0 Å². The molecule has 1 amide bonds. The van der Waals surface area contributed by atoms with Crippen LogP contribution in [0, 0.1) is 12.3 Å². The molecule has 0 atom stereocenters. The van der Waals surface area contributed by atoms with Crippen LogP contribution in [0.15, 0.2) is 36.9 Å². The van der Waals surface area contributed by atoms with Crippen molar-refractivity contribution in [3.63, 3.8) is 0 Å². The van der Waals surface area contributed by atoms with E-state index >= 15 is 0 Å². The Morgan fingerprint density at radius 2 is 2.04 bits per heavy atom. The van der Waals surface area contributed by atoms with Gasteiger partial charge in [-0.15, -0.1) is 6.58 Å². The maximum absolute atomic E-state index is 13.0. The zero-order valence-electron chi connectivity index (χ0n) is 15.1. The Hall–Kier alpha value is -2.10. The van der Waals surface area contributed by atoms with E-state index in [4.69, 9.17) is 4.98 Å². The lowest BCUT2D eigenvalue weighted by Gasteiger charge is -2.45. The molecule has 1 aliphatic heterocycles. The molecule has 4 rings (SSSR count). The molecule has 2 aliphatic rings. The molecule has 0 bridgehead atoms. The molecule has 132 valence electrons. The molecule has 0 spiro atoms. The van der Waals surface area contributed by atoms with Crippen LogP contribution in [0.1, 0.15) is 50.4 Å². The number of allylic oxidation sites excluding steroid dienone is 1. The van der Waals surface area contributed by atoms with Crippen molar-refractivity contribution in [3.05, 3.63) is 42.7 Å². The molecule has 2 heterocycles. The molecule has 1 saturated heterocycles. The third-order valence-corrected chi connectivity index (χ3v) is 6.19. The molecule has 0 N–H and O–H groups in total. The first kappa shape index (κ1) is 16.4. The first-order valence-corrected chi connectivity index (χ1v) is 9.48. The van der Waals surface area contributed by atoms with E-state index in [-0.39, 0.29) is 5.41 Å². The number of aryl methyl sites for hydroxylation is 1. The molecule has 4 heteroatoms. The van der Waals surface area contributed by atoms with Crippen molar-refractivity contribution in [2.45, 2.75) is 51.5 Å². The zero-order valence-corrected chi connectivity index (χ0v) is 15.1. The molecule has 1 aromatic heterocycles. The SMILES string of the molecule is C=CCC1(C(=O)N2CCC(n3c(C)nc4ccccc43)CC2)CCC1. The van der Waals surface area contributed by atoms with Gasteiger partial charge < -0.3 is 9.47 Å². The summed E-state index contributed by atoms with van der Waals surface area (Å²) in [4.78, 5) is 19.8. The molecule has 4 nitrogen and oxygen atoms in total. The molecular weight excluding hydrogens is 310 g/mol. The van der Waals surface area contributed by atoms with Gasteiger partial charge in [0, 0.05) is 19.1 Å². The fraction of sp³-hybridized carbons (Fsp3) is 0.524. The van der Waals surface area contributed by atoms with E-state index in [0.29, 0.717) is 11.9 Å². The number of para-hydroxylation sites is 2. The largest absolute Gasteiger partial charge is 0.342 e. The van der Waals surface area contributed by atoms with Crippen LogP contribution < -0.4 is 0 Å². The van der Waals surface area contributed by atoms with Crippen molar-refractivity contribution < 1.29 is 4.79 Å². The van der Waals surface area contributed by atoms with Gasteiger partial charge in [0.15, 0.2) is 0 Å². The number of carbonyl (C=O) groups is 1. The first-order chi connectivity index (χ1) is 12.1. The molecular formula is C21H27N3O. The summed E-state index contributed by atoms with van der Waals surface area (Å²) in [6, 6.07) is 8.79. The van der Waals surface area contributed by atoms with Gasteiger partial charge in [0.05, 0.1) is 16.4 Å². The van der Waals surface area contributed by atoms with Crippen molar-refractivity contribution in [2.75, 3.05) is 13.1 Å². The topological polar surface area (TPSA) is 38.1 Å². The number of nitrogens with zero attached hydrogens (tertiary/aromatic N) is 3. The quantitative estimate of drug-likeness (QED) is 0.782. The van der Waals surface area contributed by atoms with Crippen molar-refractivity contribution in [1.82, 2.24) is 14.5 Å². The van der Waals surface area contributed by atoms with Gasteiger partial charge in [-0.05, 0) is 51.2 Å². The minimum Gasteiger partial charge on any atom is -0.342 e. The molecule has 2 aromatic rings. The third-order valence-electron chi connectivity index (χ3n) is 6.19. The second-order valence-corrected chi connectivity index (χ2v) is 7.67. The van der Waals surface area contributed by atoms with Crippen LogP contribution in [0.25, 0.3) is 11.0 Å². The van der Waals surface area contributed by atoms with Gasteiger partial charge in [0.25, 0.3) is 0 Å². The summed E-state index contributed by atoms with van der Waals surface area (Å²) < 4.78 is 2.38. The van der Waals surface area contributed by atoms with Gasteiger partial charge in [-0.2, -0.15) is 0 Å².